The second-order valence-corrected chi connectivity index (χ2v) is 9.64. The number of hydrogen-bond acceptors (Lipinski definition) is 8. The summed E-state index contributed by atoms with van der Waals surface area (Å²) < 4.78 is 6.39. The van der Waals surface area contributed by atoms with E-state index in [1.165, 1.54) is 21.8 Å². The number of aliphatic hydroxyl groups is 1. The molecule has 0 aliphatic carbocycles. The molecule has 2 aliphatic rings. The Labute approximate surface area is 188 Å². The van der Waals surface area contributed by atoms with Crippen molar-refractivity contribution in [1.82, 2.24) is 25.0 Å². The third-order valence-corrected chi connectivity index (χ3v) is 7.29. The Hall–Kier alpha value is -2.51. The molecule has 3 aromatic rings. The van der Waals surface area contributed by atoms with Gasteiger partial charge in [0.05, 0.1) is 0 Å². The van der Waals surface area contributed by atoms with Crippen LogP contribution in [0.25, 0.3) is 11.0 Å². The summed E-state index contributed by atoms with van der Waals surface area (Å²) >= 11 is 1.44. The van der Waals surface area contributed by atoms with Gasteiger partial charge in [0.15, 0.2) is 0 Å². The number of amides is 1. The molecule has 1 amide bonds. The van der Waals surface area contributed by atoms with Gasteiger partial charge in [-0.15, -0.1) is 0 Å². The number of carbonyl (C=O) groups excluding carboxylic acids is 1. The third kappa shape index (κ3) is 3.40. The molecule has 10 heteroatoms. The van der Waals surface area contributed by atoms with Crippen molar-refractivity contribution in [2.24, 2.45) is 0 Å². The molecule has 9 nitrogen and oxygen atoms in total. The van der Waals surface area contributed by atoms with Gasteiger partial charge in [-0.1, -0.05) is 0 Å². The van der Waals surface area contributed by atoms with Gasteiger partial charge in [-0.3, -0.25) is 4.79 Å². The van der Waals surface area contributed by atoms with Crippen LogP contribution in [0.1, 0.15) is 42.2 Å². The number of hydrogen-bond donors (Lipinski definition) is 1. The molecule has 162 valence electrons. The van der Waals surface area contributed by atoms with E-state index < -0.39 is 5.60 Å². The molecule has 3 atom stereocenters. The Kier molecular flexibility index (Phi) is 4.98. The molecule has 2 aliphatic heterocycles. The minimum atomic E-state index is -1.61. The van der Waals surface area contributed by atoms with Crippen LogP contribution >= 0.6 is 0 Å². The fourth-order valence-electron chi connectivity index (χ4n) is 4.55. The molecule has 1 N–H and O–H groups in total. The van der Waals surface area contributed by atoms with Gasteiger partial charge < -0.3 is 4.90 Å². The zero-order valence-electron chi connectivity index (χ0n) is 17.6. The molecule has 5 rings (SSSR count). The molecule has 0 aromatic carbocycles. The van der Waals surface area contributed by atoms with Crippen molar-refractivity contribution in [3.63, 3.8) is 0 Å². The number of fused-ring (bicyclic) bond motifs is 1. The monoisotopic (exact) mass is 484 g/mol. The van der Waals surface area contributed by atoms with Gasteiger partial charge >= 0.3 is 165 Å². The second-order valence-electron chi connectivity index (χ2n) is 8.49. The van der Waals surface area contributed by atoms with Crippen LogP contribution in [0.5, 0.6) is 0 Å². The van der Waals surface area contributed by atoms with E-state index in [2.05, 4.69) is 33.0 Å². The second kappa shape index (κ2) is 7.57. The summed E-state index contributed by atoms with van der Waals surface area (Å²) in [5, 5.41) is 15.1. The van der Waals surface area contributed by atoms with E-state index in [9.17, 15) is 9.90 Å². The summed E-state index contributed by atoms with van der Waals surface area (Å²) in [5.41, 5.74) is 2.00. The third-order valence-electron chi connectivity index (χ3n) is 6.41. The molecule has 0 spiro atoms. The van der Waals surface area contributed by atoms with Crippen LogP contribution in [0.2, 0.25) is 0 Å². The van der Waals surface area contributed by atoms with Crippen molar-refractivity contribution in [2.75, 3.05) is 31.6 Å². The van der Waals surface area contributed by atoms with Crippen LogP contribution in [0, 0.1) is 6.92 Å². The Bertz CT molecular complexity index is 1170. The number of likely N-dealkylation sites (tertiary alicyclic amines) is 1. The predicted molar refractivity (Wildman–Crippen MR) is 117 cm³/mol. The minimum absolute atomic E-state index is 0.138. The molecule has 0 bridgehead atoms. The van der Waals surface area contributed by atoms with Gasteiger partial charge in [-0.2, -0.15) is 0 Å². The fourth-order valence-corrected chi connectivity index (χ4v) is 5.11. The fraction of sp³-hybridized carbons (Fsp3) is 0.476. The first-order chi connectivity index (χ1) is 14.9. The number of aromatic nitrogens is 4. The van der Waals surface area contributed by atoms with E-state index in [1.807, 2.05) is 0 Å². The van der Waals surface area contributed by atoms with Crippen LogP contribution in [-0.2, 0) is 10.4 Å². The number of pyridine rings is 1. The van der Waals surface area contributed by atoms with Crippen molar-refractivity contribution in [2.45, 2.75) is 37.7 Å². The average molecular weight is 484 g/mol. The van der Waals surface area contributed by atoms with E-state index >= 15 is 0 Å². The van der Waals surface area contributed by atoms with Crippen LogP contribution < -0.4 is 9.38 Å². The standard InChI is InChI=1S/C21H25AsN6O3/c1-12-8-16(25-18-17(12)23-11-24-19(18)22)28-6-3-4-13(10-28)14-9-15(31-26-14)21(30)5-7-27(2)20(21)29/h8-9,11,13,30H,3-7,10,22H2,1-2H3. The Morgan fingerprint density at radius 1 is 1.26 bits per heavy atom. The van der Waals surface area contributed by atoms with E-state index in [1.54, 1.807) is 19.4 Å². The summed E-state index contributed by atoms with van der Waals surface area (Å²) in [5.74, 6) is 0.955. The zero-order valence-corrected chi connectivity index (χ0v) is 20.0. The quantitative estimate of drug-likeness (QED) is 0.519. The van der Waals surface area contributed by atoms with Crippen LogP contribution in [0.3, 0.4) is 0 Å². The molecule has 0 saturated carbocycles. The van der Waals surface area contributed by atoms with E-state index in [0.717, 1.165) is 58.5 Å². The van der Waals surface area contributed by atoms with Gasteiger partial charge in [-0.05, 0) is 0 Å². The van der Waals surface area contributed by atoms with Crippen LogP contribution in [-0.4, -0.2) is 79.6 Å². The van der Waals surface area contributed by atoms with Crippen molar-refractivity contribution in [3.05, 3.63) is 35.5 Å². The SMILES string of the molecule is Cc1cc(N2CCCC(c3cc(C4(O)CCN(C)C4=O)on3)C2)nc2c([AsH2])ncnc12. The summed E-state index contributed by atoms with van der Waals surface area (Å²) in [7, 11) is 1.68. The predicted octanol–water partition coefficient (Wildman–Crippen LogP) is 0.0133. The summed E-state index contributed by atoms with van der Waals surface area (Å²) in [6.45, 7) is 4.20. The summed E-state index contributed by atoms with van der Waals surface area (Å²) in [6.07, 6.45) is 3.86. The first kappa shape index (κ1) is 20.4. The molecule has 31 heavy (non-hydrogen) atoms. The first-order valence-corrected chi connectivity index (χ1v) is 11.7. The number of aryl methyl sites for hydroxylation is 1. The van der Waals surface area contributed by atoms with Crippen molar-refractivity contribution in [1.29, 1.82) is 0 Å². The average Bonchev–Trinajstić information content (AvgIpc) is 3.37. The number of piperidine rings is 1. The maximum absolute atomic E-state index is 12.4. The van der Waals surface area contributed by atoms with Gasteiger partial charge in [0, 0.05) is 13.6 Å². The molecule has 3 aromatic heterocycles. The molecule has 2 saturated heterocycles. The number of rotatable bonds is 3. The Balaban J connectivity index is 1.41. The number of nitrogens with zero attached hydrogens (tertiary/aromatic N) is 6. The van der Waals surface area contributed by atoms with E-state index in [4.69, 9.17) is 9.51 Å². The maximum atomic E-state index is 12.4. The Morgan fingerprint density at radius 2 is 2.10 bits per heavy atom. The van der Waals surface area contributed by atoms with Crippen molar-refractivity contribution < 1.29 is 14.4 Å². The molecule has 2 fully saturated rings. The molecular formula is C21H25AsN6O3. The van der Waals surface area contributed by atoms with E-state index in [0.29, 0.717) is 13.0 Å². The first-order valence-electron chi connectivity index (χ1n) is 10.4. The van der Waals surface area contributed by atoms with Gasteiger partial charge in [0.1, 0.15) is 0 Å². The molecule has 5 heterocycles. The van der Waals surface area contributed by atoms with Gasteiger partial charge in [0.25, 0.3) is 0 Å². The molecule has 3 unspecified atom stereocenters. The van der Waals surface area contributed by atoms with Crippen molar-refractivity contribution >= 4 is 44.1 Å². The topological polar surface area (TPSA) is 108 Å². The van der Waals surface area contributed by atoms with Crippen LogP contribution in [0.4, 0.5) is 5.82 Å². The van der Waals surface area contributed by atoms with Crippen molar-refractivity contribution in [3.8, 4) is 0 Å². The zero-order chi connectivity index (χ0) is 21.8. The number of anilines is 1. The van der Waals surface area contributed by atoms with Crippen LogP contribution in [0.15, 0.2) is 23.0 Å². The van der Waals surface area contributed by atoms with Gasteiger partial charge in [0.2, 0.25) is 0 Å². The summed E-state index contributed by atoms with van der Waals surface area (Å²) in [6, 6.07) is 3.83. The Morgan fingerprint density at radius 3 is 2.87 bits per heavy atom. The normalized spacial score (nSPS) is 24.4. The molecular weight excluding hydrogens is 459 g/mol. The van der Waals surface area contributed by atoms with Gasteiger partial charge in [-0.25, -0.2) is 0 Å². The molecule has 0 radical (unpaired) electrons. The van der Waals surface area contributed by atoms with E-state index in [-0.39, 0.29) is 17.6 Å². The number of carbonyl (C=O) groups is 1. The number of likely N-dealkylation sites (N-methyl/N-ethyl adjacent to an activating group) is 1. The summed E-state index contributed by atoms with van der Waals surface area (Å²) in [4.78, 5) is 29.7.